The second-order valence-electron chi connectivity index (χ2n) is 7.29. The van der Waals surface area contributed by atoms with E-state index in [0.717, 1.165) is 48.4 Å². The summed E-state index contributed by atoms with van der Waals surface area (Å²) < 4.78 is 35.1. The van der Waals surface area contributed by atoms with Gasteiger partial charge in [-0.25, -0.2) is 8.42 Å². The molecule has 1 aliphatic heterocycles. The van der Waals surface area contributed by atoms with Crippen LogP contribution in [0.2, 0.25) is 0 Å². The van der Waals surface area contributed by atoms with Crippen molar-refractivity contribution in [2.45, 2.75) is 37.1 Å². The third-order valence-electron chi connectivity index (χ3n) is 5.04. The van der Waals surface area contributed by atoms with E-state index in [2.05, 4.69) is 24.4 Å². The molecule has 0 saturated heterocycles. The van der Waals surface area contributed by atoms with Crippen LogP contribution in [0.5, 0.6) is 11.5 Å². The zero-order valence-electron chi connectivity index (χ0n) is 17.3. The fourth-order valence-electron chi connectivity index (χ4n) is 3.42. The smallest absolute Gasteiger partial charge is 0.175 e. The molecule has 1 aliphatic rings. The van der Waals surface area contributed by atoms with E-state index >= 15 is 0 Å². The zero-order valence-corrected chi connectivity index (χ0v) is 18.1. The maximum Gasteiger partial charge on any atom is 0.175 e. The molecule has 2 aromatic rings. The van der Waals surface area contributed by atoms with E-state index in [1.165, 1.54) is 11.8 Å². The molecular formula is C23H29NO4S. The van der Waals surface area contributed by atoms with E-state index in [1.54, 1.807) is 25.3 Å². The molecule has 156 valence electrons. The number of nitrogens with one attached hydrogen (secondary N) is 1. The lowest BCUT2D eigenvalue weighted by Crippen LogP contribution is -2.28. The van der Waals surface area contributed by atoms with Crippen LogP contribution in [0.1, 0.15) is 42.5 Å². The molecule has 0 bridgehead atoms. The highest BCUT2D eigenvalue weighted by Crippen LogP contribution is 2.36. The second kappa shape index (κ2) is 9.46. The van der Waals surface area contributed by atoms with Gasteiger partial charge in [0.2, 0.25) is 0 Å². The van der Waals surface area contributed by atoms with Gasteiger partial charge in [0.15, 0.2) is 21.3 Å². The Bertz CT molecular complexity index is 982. The van der Waals surface area contributed by atoms with Gasteiger partial charge in [0.1, 0.15) is 0 Å². The fraction of sp³-hybridized carbons (Fsp3) is 0.391. The van der Waals surface area contributed by atoms with Gasteiger partial charge in [-0.05, 0) is 53.8 Å². The molecule has 2 aromatic carbocycles. The maximum atomic E-state index is 11.8. The van der Waals surface area contributed by atoms with Crippen LogP contribution in [0.15, 0.2) is 47.4 Å². The van der Waals surface area contributed by atoms with Crippen LogP contribution in [-0.2, 0) is 16.3 Å². The average Bonchev–Trinajstić information content (AvgIpc) is 2.71. The van der Waals surface area contributed by atoms with Crippen LogP contribution in [0.25, 0.3) is 6.08 Å². The first kappa shape index (κ1) is 21.4. The summed E-state index contributed by atoms with van der Waals surface area (Å²) in [5.41, 5.74) is 3.26. The van der Waals surface area contributed by atoms with E-state index in [4.69, 9.17) is 9.47 Å². The second-order valence-corrected chi connectivity index (χ2v) is 9.31. The van der Waals surface area contributed by atoms with Gasteiger partial charge in [-0.1, -0.05) is 37.6 Å². The van der Waals surface area contributed by atoms with Crippen molar-refractivity contribution in [2.24, 2.45) is 0 Å². The number of unbranched alkanes of at least 4 members (excludes halogenated alkanes) is 1. The molecule has 0 radical (unpaired) electrons. The van der Waals surface area contributed by atoms with Crippen LogP contribution >= 0.6 is 0 Å². The Kier molecular flexibility index (Phi) is 6.98. The van der Waals surface area contributed by atoms with Crippen molar-refractivity contribution in [1.29, 1.82) is 0 Å². The predicted octanol–water partition coefficient (Wildman–Crippen LogP) is 4.18. The molecule has 1 heterocycles. The Balaban J connectivity index is 1.86. The van der Waals surface area contributed by atoms with Gasteiger partial charge in [0.25, 0.3) is 0 Å². The molecule has 0 spiro atoms. The summed E-state index contributed by atoms with van der Waals surface area (Å²) in [5.74, 6) is 1.53. The molecule has 1 N–H and O–H groups in total. The Morgan fingerprint density at radius 1 is 1.21 bits per heavy atom. The molecule has 1 unspecified atom stereocenters. The zero-order chi connectivity index (χ0) is 20.9. The van der Waals surface area contributed by atoms with E-state index < -0.39 is 9.84 Å². The Morgan fingerprint density at radius 3 is 2.76 bits per heavy atom. The molecule has 5 nitrogen and oxygen atoms in total. The van der Waals surface area contributed by atoms with Gasteiger partial charge in [-0.15, -0.1) is 0 Å². The first-order valence-corrected chi connectivity index (χ1v) is 11.9. The standard InChI is InChI=1S/C23H29NO4S/c1-4-5-13-28-23-15-18-11-12-24-21(20(18)16-22(23)27-2)10-9-17-7-6-8-19(14-17)29(3,25)26/h6-10,14-16,21,24H,4-5,11-13H2,1-3H3/b10-9+. The van der Waals surface area contributed by atoms with Crippen LogP contribution in [0.3, 0.4) is 0 Å². The highest BCUT2D eigenvalue weighted by molar-refractivity contribution is 7.90. The monoisotopic (exact) mass is 415 g/mol. The summed E-state index contributed by atoms with van der Waals surface area (Å²) in [4.78, 5) is 0.326. The van der Waals surface area contributed by atoms with Gasteiger partial charge in [-0.3, -0.25) is 0 Å². The van der Waals surface area contributed by atoms with E-state index in [9.17, 15) is 8.42 Å². The van der Waals surface area contributed by atoms with E-state index in [1.807, 2.05) is 18.2 Å². The molecule has 29 heavy (non-hydrogen) atoms. The maximum absolute atomic E-state index is 11.8. The Labute approximate surface area is 173 Å². The van der Waals surface area contributed by atoms with Crippen LogP contribution in [-0.4, -0.2) is 34.9 Å². The van der Waals surface area contributed by atoms with Crippen LogP contribution in [0, 0.1) is 0 Å². The summed E-state index contributed by atoms with van der Waals surface area (Å²) in [7, 11) is -1.56. The lowest BCUT2D eigenvalue weighted by Gasteiger charge is -2.26. The lowest BCUT2D eigenvalue weighted by atomic mass is 9.93. The minimum absolute atomic E-state index is 0.0271. The lowest BCUT2D eigenvalue weighted by molar-refractivity contribution is 0.287. The van der Waals surface area contributed by atoms with E-state index in [-0.39, 0.29) is 6.04 Å². The minimum atomic E-state index is -3.22. The van der Waals surface area contributed by atoms with Gasteiger partial charge in [0.05, 0.1) is 24.7 Å². The molecule has 0 fully saturated rings. The normalized spacial score (nSPS) is 16.6. The van der Waals surface area contributed by atoms with Crippen molar-refractivity contribution >= 4 is 15.9 Å². The fourth-order valence-corrected chi connectivity index (χ4v) is 4.10. The largest absolute Gasteiger partial charge is 0.493 e. The number of methoxy groups -OCH3 is 1. The number of ether oxygens (including phenoxy) is 2. The molecular weight excluding hydrogens is 386 g/mol. The number of rotatable bonds is 8. The van der Waals surface area contributed by atoms with Gasteiger partial charge in [-0.2, -0.15) is 0 Å². The van der Waals surface area contributed by atoms with Gasteiger partial charge in [0, 0.05) is 12.8 Å². The summed E-state index contributed by atoms with van der Waals surface area (Å²) in [5, 5.41) is 3.51. The molecule has 0 amide bonds. The molecule has 0 aromatic heterocycles. The highest BCUT2D eigenvalue weighted by Gasteiger charge is 2.21. The molecule has 0 aliphatic carbocycles. The summed E-state index contributed by atoms with van der Waals surface area (Å²) >= 11 is 0. The van der Waals surface area contributed by atoms with Crippen molar-refractivity contribution in [3.8, 4) is 11.5 Å². The average molecular weight is 416 g/mol. The summed E-state index contributed by atoms with van der Waals surface area (Å²) in [6, 6.07) is 11.1. The number of fused-ring (bicyclic) bond motifs is 1. The quantitative estimate of drug-likeness (QED) is 0.656. The summed E-state index contributed by atoms with van der Waals surface area (Å²) in [6.07, 6.45) is 8.28. The SMILES string of the molecule is CCCCOc1cc2c(cc1OC)C(/C=C/c1cccc(S(C)(=O)=O)c1)NCC2. The summed E-state index contributed by atoms with van der Waals surface area (Å²) in [6.45, 7) is 3.69. The topological polar surface area (TPSA) is 64.6 Å². The molecule has 3 rings (SSSR count). The van der Waals surface area contributed by atoms with Crippen molar-refractivity contribution in [3.05, 3.63) is 59.2 Å². The van der Waals surface area contributed by atoms with E-state index in [0.29, 0.717) is 11.5 Å². The molecule has 0 saturated carbocycles. The predicted molar refractivity (Wildman–Crippen MR) is 116 cm³/mol. The van der Waals surface area contributed by atoms with Gasteiger partial charge >= 0.3 is 0 Å². The highest BCUT2D eigenvalue weighted by atomic mass is 32.2. The van der Waals surface area contributed by atoms with Crippen LogP contribution in [0.4, 0.5) is 0 Å². The molecule has 1 atom stereocenters. The van der Waals surface area contributed by atoms with Crippen molar-refractivity contribution < 1.29 is 17.9 Å². The van der Waals surface area contributed by atoms with Crippen molar-refractivity contribution in [1.82, 2.24) is 5.32 Å². The first-order chi connectivity index (χ1) is 13.9. The Morgan fingerprint density at radius 2 is 2.03 bits per heavy atom. The first-order valence-electron chi connectivity index (χ1n) is 9.97. The number of hydrogen-bond donors (Lipinski definition) is 1. The number of hydrogen-bond acceptors (Lipinski definition) is 5. The Hall–Kier alpha value is -2.31. The minimum Gasteiger partial charge on any atom is -0.493 e. The van der Waals surface area contributed by atoms with Crippen LogP contribution < -0.4 is 14.8 Å². The number of sulfone groups is 1. The van der Waals surface area contributed by atoms with Crippen molar-refractivity contribution in [2.75, 3.05) is 26.5 Å². The van der Waals surface area contributed by atoms with Gasteiger partial charge < -0.3 is 14.8 Å². The third-order valence-corrected chi connectivity index (χ3v) is 6.15. The third kappa shape index (κ3) is 5.40. The number of benzene rings is 2. The molecule has 6 heteroatoms. The van der Waals surface area contributed by atoms with Crippen molar-refractivity contribution in [3.63, 3.8) is 0 Å².